The number of halogens is 1. The Morgan fingerprint density at radius 2 is 1.93 bits per heavy atom. The average molecular weight is 511 g/mol. The van der Waals surface area contributed by atoms with E-state index < -0.39 is 0 Å². The van der Waals surface area contributed by atoms with Gasteiger partial charge in [0.1, 0.15) is 5.76 Å². The lowest BCUT2D eigenvalue weighted by Crippen LogP contribution is -2.36. The van der Waals surface area contributed by atoms with Crippen LogP contribution in [0.25, 0.3) is 0 Å². The molecule has 1 aromatic heterocycles. The molecule has 1 fully saturated rings. The van der Waals surface area contributed by atoms with Crippen molar-refractivity contribution >= 4 is 35.8 Å². The van der Waals surface area contributed by atoms with Crippen molar-refractivity contribution in [2.75, 3.05) is 13.1 Å². The number of oxazole rings is 1. The molecule has 0 unspecified atom stereocenters. The van der Waals surface area contributed by atoms with E-state index >= 15 is 0 Å². The molecule has 1 aliphatic rings. The van der Waals surface area contributed by atoms with Crippen molar-refractivity contribution in [2.45, 2.75) is 53.2 Å². The van der Waals surface area contributed by atoms with Crippen molar-refractivity contribution in [1.82, 2.24) is 20.5 Å². The van der Waals surface area contributed by atoms with Crippen LogP contribution >= 0.6 is 24.0 Å². The van der Waals surface area contributed by atoms with Gasteiger partial charge in [-0.2, -0.15) is 0 Å². The van der Waals surface area contributed by atoms with Gasteiger partial charge in [-0.05, 0) is 38.3 Å². The van der Waals surface area contributed by atoms with Gasteiger partial charge in [0.05, 0.1) is 18.8 Å². The summed E-state index contributed by atoms with van der Waals surface area (Å²) in [7, 11) is 0. The number of aryl methyl sites for hydroxylation is 2. The second kappa shape index (κ2) is 11.2. The highest BCUT2D eigenvalue weighted by molar-refractivity contribution is 14.0. The summed E-state index contributed by atoms with van der Waals surface area (Å²) in [6.45, 7) is 9.28. The molecule has 1 aliphatic heterocycles. The van der Waals surface area contributed by atoms with E-state index in [4.69, 9.17) is 4.42 Å². The number of rotatable bonds is 7. The van der Waals surface area contributed by atoms with E-state index in [1.54, 1.807) is 0 Å². The molecule has 2 N–H and O–H groups in total. The molecule has 2 heterocycles. The smallest absolute Gasteiger partial charge is 0.222 e. The number of carbonyl (C=O) groups excluding carboxylic acids is 1. The number of hydrogen-bond donors (Lipinski definition) is 2. The predicted octanol–water partition coefficient (Wildman–Crippen LogP) is 3.29. The number of aromatic nitrogens is 1. The number of aliphatic imine (C=N–C) groups is 1. The Kier molecular flexibility index (Phi) is 8.94. The Balaban J connectivity index is 0.00000300. The summed E-state index contributed by atoms with van der Waals surface area (Å²) >= 11 is 0. The normalized spacial score (nSPS) is 14.1. The molecule has 0 spiro atoms. The zero-order valence-electron chi connectivity index (χ0n) is 17.3. The van der Waals surface area contributed by atoms with Crippen LogP contribution in [0.3, 0.4) is 0 Å². The number of nitrogens with zero attached hydrogens (tertiary/aromatic N) is 3. The second-order valence-electron chi connectivity index (χ2n) is 7.03. The Morgan fingerprint density at radius 3 is 2.52 bits per heavy atom. The van der Waals surface area contributed by atoms with Crippen LogP contribution < -0.4 is 10.6 Å². The summed E-state index contributed by atoms with van der Waals surface area (Å²) in [5.41, 5.74) is 3.19. The maximum atomic E-state index is 11.8. The average Bonchev–Trinajstić information content (AvgIpc) is 3.23. The van der Waals surface area contributed by atoms with Crippen LogP contribution in [0.2, 0.25) is 0 Å². The highest BCUT2D eigenvalue weighted by Crippen LogP contribution is 2.15. The minimum absolute atomic E-state index is 0. The summed E-state index contributed by atoms with van der Waals surface area (Å²) in [5, 5.41) is 6.49. The van der Waals surface area contributed by atoms with Gasteiger partial charge >= 0.3 is 0 Å². The number of amides is 1. The molecular weight excluding hydrogens is 481 g/mol. The van der Waals surface area contributed by atoms with E-state index in [0.717, 1.165) is 48.1 Å². The molecule has 0 atom stereocenters. The lowest BCUT2D eigenvalue weighted by molar-refractivity contribution is -0.128. The Labute approximate surface area is 189 Å². The number of likely N-dealkylation sites (tertiary alicyclic amines) is 1. The Hall–Kier alpha value is -2.10. The van der Waals surface area contributed by atoms with Crippen LogP contribution in [-0.4, -0.2) is 34.8 Å². The lowest BCUT2D eigenvalue weighted by atomic mass is 10.1. The molecule has 8 heteroatoms. The van der Waals surface area contributed by atoms with E-state index in [1.165, 1.54) is 0 Å². The van der Waals surface area contributed by atoms with Gasteiger partial charge in [-0.25, -0.2) is 9.98 Å². The zero-order chi connectivity index (χ0) is 19.9. The van der Waals surface area contributed by atoms with Crippen LogP contribution in [0.15, 0.2) is 33.7 Å². The van der Waals surface area contributed by atoms with Gasteiger partial charge in [-0.1, -0.05) is 24.3 Å². The van der Waals surface area contributed by atoms with Crippen molar-refractivity contribution in [3.63, 3.8) is 0 Å². The highest BCUT2D eigenvalue weighted by atomic mass is 127. The van der Waals surface area contributed by atoms with Crippen LogP contribution in [0.5, 0.6) is 0 Å². The lowest BCUT2D eigenvalue weighted by Gasteiger charge is -2.15. The molecule has 3 rings (SSSR count). The molecule has 0 radical (unpaired) electrons. The number of nitrogens with one attached hydrogen (secondary N) is 2. The number of benzene rings is 1. The standard InChI is InChI=1S/C21H29N5O2.HI/c1-4-22-21(24-13-19-25-15(2)16(3)28-19)23-12-17-7-9-18(10-8-17)14-26-11-5-6-20(26)27;/h7-10H,4-6,11-14H2,1-3H3,(H2,22,23,24);1H. The molecular formula is C21H30IN5O2. The minimum atomic E-state index is 0. The van der Waals surface area contributed by atoms with E-state index in [-0.39, 0.29) is 29.9 Å². The summed E-state index contributed by atoms with van der Waals surface area (Å²) in [6.07, 6.45) is 1.65. The van der Waals surface area contributed by atoms with E-state index in [1.807, 2.05) is 25.7 Å². The second-order valence-corrected chi connectivity index (χ2v) is 7.03. The van der Waals surface area contributed by atoms with E-state index in [0.29, 0.717) is 31.9 Å². The number of hydrogen-bond acceptors (Lipinski definition) is 4. The van der Waals surface area contributed by atoms with Crippen LogP contribution in [0.4, 0.5) is 0 Å². The quantitative estimate of drug-likeness (QED) is 0.339. The highest BCUT2D eigenvalue weighted by Gasteiger charge is 2.19. The fraction of sp³-hybridized carbons (Fsp3) is 0.476. The minimum Gasteiger partial charge on any atom is -0.444 e. The van der Waals surface area contributed by atoms with Crippen molar-refractivity contribution in [3.8, 4) is 0 Å². The molecule has 2 aromatic rings. The van der Waals surface area contributed by atoms with Gasteiger partial charge in [-0.15, -0.1) is 24.0 Å². The monoisotopic (exact) mass is 511 g/mol. The third-order valence-electron chi connectivity index (χ3n) is 4.81. The number of guanidine groups is 1. The van der Waals surface area contributed by atoms with Gasteiger partial charge in [0.15, 0.2) is 5.96 Å². The molecule has 29 heavy (non-hydrogen) atoms. The third-order valence-corrected chi connectivity index (χ3v) is 4.81. The number of carbonyl (C=O) groups is 1. The van der Waals surface area contributed by atoms with Gasteiger partial charge in [0, 0.05) is 26.1 Å². The first kappa shape index (κ1) is 23.2. The first-order valence-electron chi connectivity index (χ1n) is 9.86. The van der Waals surface area contributed by atoms with Crippen molar-refractivity contribution < 1.29 is 9.21 Å². The molecule has 0 aliphatic carbocycles. The summed E-state index contributed by atoms with van der Waals surface area (Å²) in [5.74, 6) is 2.48. The van der Waals surface area contributed by atoms with Crippen molar-refractivity contribution in [3.05, 3.63) is 52.7 Å². The van der Waals surface area contributed by atoms with Crippen LogP contribution in [0, 0.1) is 13.8 Å². The summed E-state index contributed by atoms with van der Waals surface area (Å²) in [6, 6.07) is 8.30. The molecule has 1 amide bonds. The fourth-order valence-corrected chi connectivity index (χ4v) is 3.13. The Bertz CT molecular complexity index is 813. The Morgan fingerprint density at radius 1 is 1.21 bits per heavy atom. The molecule has 7 nitrogen and oxygen atoms in total. The zero-order valence-corrected chi connectivity index (χ0v) is 19.7. The van der Waals surface area contributed by atoms with Crippen molar-refractivity contribution in [1.29, 1.82) is 0 Å². The largest absolute Gasteiger partial charge is 0.444 e. The molecule has 0 bridgehead atoms. The predicted molar refractivity (Wildman–Crippen MR) is 124 cm³/mol. The molecule has 1 saturated heterocycles. The van der Waals surface area contributed by atoms with Gasteiger partial charge in [-0.3, -0.25) is 4.79 Å². The third kappa shape index (κ3) is 6.73. The van der Waals surface area contributed by atoms with E-state index in [9.17, 15) is 4.79 Å². The first-order valence-corrected chi connectivity index (χ1v) is 9.86. The van der Waals surface area contributed by atoms with Gasteiger partial charge in [0.2, 0.25) is 11.8 Å². The molecule has 158 valence electrons. The van der Waals surface area contributed by atoms with Gasteiger partial charge < -0.3 is 20.0 Å². The summed E-state index contributed by atoms with van der Waals surface area (Å²) in [4.78, 5) is 22.7. The first-order chi connectivity index (χ1) is 13.5. The maximum Gasteiger partial charge on any atom is 0.222 e. The molecule has 0 saturated carbocycles. The summed E-state index contributed by atoms with van der Waals surface area (Å²) < 4.78 is 5.60. The van der Waals surface area contributed by atoms with Crippen LogP contribution in [0.1, 0.15) is 48.2 Å². The van der Waals surface area contributed by atoms with E-state index in [2.05, 4.69) is 44.9 Å². The van der Waals surface area contributed by atoms with Crippen LogP contribution in [-0.2, 0) is 24.4 Å². The van der Waals surface area contributed by atoms with Crippen molar-refractivity contribution in [2.24, 2.45) is 4.99 Å². The topological polar surface area (TPSA) is 82.8 Å². The fourth-order valence-electron chi connectivity index (χ4n) is 3.13. The SMILES string of the molecule is CCNC(=NCc1ccc(CN2CCCC2=O)cc1)NCc1nc(C)c(C)o1.I. The molecule has 1 aromatic carbocycles. The maximum absolute atomic E-state index is 11.8. The van der Waals surface area contributed by atoms with Gasteiger partial charge in [0.25, 0.3) is 0 Å².